The van der Waals surface area contributed by atoms with Gasteiger partial charge in [-0.1, -0.05) is 26.0 Å². The minimum atomic E-state index is -4.70. The Morgan fingerprint density at radius 2 is 1.86 bits per heavy atom. The maximum atomic E-state index is 12.0. The molecule has 0 aliphatic rings. The summed E-state index contributed by atoms with van der Waals surface area (Å²) in [7, 11) is 1.62. The van der Waals surface area contributed by atoms with Crippen molar-refractivity contribution in [3.05, 3.63) is 29.8 Å². The second-order valence-corrected chi connectivity index (χ2v) is 5.13. The molecule has 7 heteroatoms. The molecule has 4 nitrogen and oxygen atoms in total. The second kappa shape index (κ2) is 7.19. The highest BCUT2D eigenvalue weighted by molar-refractivity contribution is 5.73. The number of amides is 2. The Kier molecular flexibility index (Phi) is 5.87. The van der Waals surface area contributed by atoms with Gasteiger partial charge >= 0.3 is 12.4 Å². The van der Waals surface area contributed by atoms with Crippen molar-refractivity contribution in [2.24, 2.45) is 5.92 Å². The van der Waals surface area contributed by atoms with Crippen molar-refractivity contribution in [1.29, 1.82) is 0 Å². The van der Waals surface area contributed by atoms with Crippen LogP contribution in [0.25, 0.3) is 0 Å². The number of nitrogens with one attached hydrogen (secondary N) is 1. The van der Waals surface area contributed by atoms with Crippen LogP contribution in [0.4, 0.5) is 18.0 Å². The van der Waals surface area contributed by atoms with Gasteiger partial charge in [-0.2, -0.15) is 0 Å². The molecule has 0 saturated heterocycles. The minimum absolute atomic E-state index is 0.223. The lowest BCUT2D eigenvalue weighted by Gasteiger charge is -2.19. The number of halogens is 3. The molecule has 21 heavy (non-hydrogen) atoms. The number of alkyl halides is 3. The van der Waals surface area contributed by atoms with Gasteiger partial charge in [-0.05, 0) is 23.6 Å². The molecule has 0 aliphatic carbocycles. The molecule has 1 rings (SSSR count). The Bertz CT molecular complexity index is 458. The van der Waals surface area contributed by atoms with E-state index in [0.29, 0.717) is 24.6 Å². The smallest absolute Gasteiger partial charge is 0.406 e. The van der Waals surface area contributed by atoms with Gasteiger partial charge in [0.1, 0.15) is 5.75 Å². The highest BCUT2D eigenvalue weighted by Gasteiger charge is 2.30. The minimum Gasteiger partial charge on any atom is -0.406 e. The van der Waals surface area contributed by atoms with E-state index in [-0.39, 0.29) is 11.8 Å². The van der Waals surface area contributed by atoms with E-state index in [0.717, 1.165) is 0 Å². The molecular weight excluding hydrogens is 285 g/mol. The Balaban J connectivity index is 2.53. The van der Waals surface area contributed by atoms with Crippen molar-refractivity contribution >= 4 is 6.03 Å². The topological polar surface area (TPSA) is 41.6 Å². The van der Waals surface area contributed by atoms with Crippen LogP contribution in [0.2, 0.25) is 0 Å². The number of benzene rings is 1. The predicted molar refractivity (Wildman–Crippen MR) is 72.8 cm³/mol. The van der Waals surface area contributed by atoms with Crippen molar-refractivity contribution in [1.82, 2.24) is 10.2 Å². The van der Waals surface area contributed by atoms with Gasteiger partial charge in [0.2, 0.25) is 0 Å². The van der Waals surface area contributed by atoms with Crippen LogP contribution in [-0.4, -0.2) is 30.9 Å². The Morgan fingerprint density at radius 3 is 2.33 bits per heavy atom. The first-order valence-electron chi connectivity index (χ1n) is 6.51. The second-order valence-electron chi connectivity index (χ2n) is 5.13. The molecular formula is C14H19F3N2O2. The quantitative estimate of drug-likeness (QED) is 0.906. The van der Waals surface area contributed by atoms with Crippen molar-refractivity contribution in [3.8, 4) is 5.75 Å². The average molecular weight is 304 g/mol. The van der Waals surface area contributed by atoms with E-state index >= 15 is 0 Å². The summed E-state index contributed by atoms with van der Waals surface area (Å²) < 4.78 is 39.9. The highest BCUT2D eigenvalue weighted by Crippen LogP contribution is 2.22. The van der Waals surface area contributed by atoms with Crippen molar-refractivity contribution in [3.63, 3.8) is 0 Å². The van der Waals surface area contributed by atoms with Crippen LogP contribution in [0.5, 0.6) is 5.75 Å². The predicted octanol–water partition coefficient (Wildman–Crippen LogP) is 3.38. The molecule has 1 aromatic rings. The Morgan fingerprint density at radius 1 is 1.29 bits per heavy atom. The van der Waals surface area contributed by atoms with Gasteiger partial charge in [-0.25, -0.2) is 4.79 Å². The van der Waals surface area contributed by atoms with E-state index in [2.05, 4.69) is 10.1 Å². The van der Waals surface area contributed by atoms with E-state index in [9.17, 15) is 18.0 Å². The van der Waals surface area contributed by atoms with Crippen LogP contribution >= 0.6 is 0 Å². The Labute approximate surface area is 121 Å². The van der Waals surface area contributed by atoms with Gasteiger partial charge < -0.3 is 15.0 Å². The normalized spacial score (nSPS) is 11.4. The standard InChI is InChI=1S/C14H19F3N2O2/c1-10(2)8-18-13(20)19(3)9-11-4-6-12(7-5-11)21-14(15,16)17/h4-7,10H,8-9H2,1-3H3,(H,18,20). The molecule has 1 N–H and O–H groups in total. The largest absolute Gasteiger partial charge is 0.573 e. The lowest BCUT2D eigenvalue weighted by atomic mass is 10.2. The molecule has 2 amide bonds. The molecule has 0 unspecified atom stereocenters. The molecule has 0 aromatic heterocycles. The first-order chi connectivity index (χ1) is 9.67. The molecule has 0 spiro atoms. The van der Waals surface area contributed by atoms with Gasteiger partial charge in [-0.15, -0.1) is 13.2 Å². The van der Waals surface area contributed by atoms with Crippen molar-refractivity contribution in [2.45, 2.75) is 26.8 Å². The van der Waals surface area contributed by atoms with Crippen LogP contribution in [0.1, 0.15) is 19.4 Å². The molecule has 0 atom stereocenters. The third kappa shape index (κ3) is 6.87. The number of hydrogen-bond donors (Lipinski definition) is 1. The van der Waals surface area contributed by atoms with E-state index in [1.807, 2.05) is 13.8 Å². The number of urea groups is 1. The fraction of sp³-hybridized carbons (Fsp3) is 0.500. The third-order valence-corrected chi connectivity index (χ3v) is 2.58. The zero-order chi connectivity index (χ0) is 16.0. The van der Waals surface area contributed by atoms with Gasteiger partial charge in [0.25, 0.3) is 0 Å². The van der Waals surface area contributed by atoms with E-state index in [1.54, 1.807) is 7.05 Å². The summed E-state index contributed by atoms with van der Waals surface area (Å²) >= 11 is 0. The number of nitrogens with zero attached hydrogens (tertiary/aromatic N) is 1. The maximum Gasteiger partial charge on any atom is 0.573 e. The molecule has 0 bridgehead atoms. The summed E-state index contributed by atoms with van der Waals surface area (Å²) in [6.45, 7) is 4.84. The van der Waals surface area contributed by atoms with Crippen LogP contribution < -0.4 is 10.1 Å². The van der Waals surface area contributed by atoms with Gasteiger partial charge in [0.15, 0.2) is 0 Å². The van der Waals surface area contributed by atoms with Gasteiger partial charge in [-0.3, -0.25) is 0 Å². The summed E-state index contributed by atoms with van der Waals surface area (Å²) in [6, 6.07) is 5.21. The lowest BCUT2D eigenvalue weighted by Crippen LogP contribution is -2.38. The third-order valence-electron chi connectivity index (χ3n) is 2.58. The van der Waals surface area contributed by atoms with Crippen molar-refractivity contribution < 1.29 is 22.7 Å². The van der Waals surface area contributed by atoms with E-state index in [4.69, 9.17) is 0 Å². The summed E-state index contributed by atoms with van der Waals surface area (Å²) in [4.78, 5) is 13.2. The zero-order valence-electron chi connectivity index (χ0n) is 12.2. The van der Waals surface area contributed by atoms with Crippen molar-refractivity contribution in [2.75, 3.05) is 13.6 Å². The summed E-state index contributed by atoms with van der Waals surface area (Å²) in [5, 5.41) is 2.76. The molecule has 0 aliphatic heterocycles. The first kappa shape index (κ1) is 17.1. The monoisotopic (exact) mass is 304 g/mol. The number of rotatable bonds is 5. The lowest BCUT2D eigenvalue weighted by molar-refractivity contribution is -0.274. The van der Waals surface area contributed by atoms with Crippen LogP contribution in [0.3, 0.4) is 0 Å². The Hall–Kier alpha value is -1.92. The number of ether oxygens (including phenoxy) is 1. The van der Waals surface area contributed by atoms with Crippen LogP contribution in [0, 0.1) is 5.92 Å². The molecule has 0 heterocycles. The fourth-order valence-corrected chi connectivity index (χ4v) is 1.57. The number of carbonyl (C=O) groups excluding carboxylic acids is 1. The van der Waals surface area contributed by atoms with Crippen LogP contribution in [0.15, 0.2) is 24.3 Å². The average Bonchev–Trinajstić information content (AvgIpc) is 2.36. The fourth-order valence-electron chi connectivity index (χ4n) is 1.57. The molecule has 0 saturated carbocycles. The molecule has 0 fully saturated rings. The number of hydrogen-bond acceptors (Lipinski definition) is 2. The summed E-state index contributed by atoms with van der Waals surface area (Å²) in [5.41, 5.74) is 0.715. The molecule has 1 aromatic carbocycles. The maximum absolute atomic E-state index is 12.0. The summed E-state index contributed by atoms with van der Waals surface area (Å²) in [5.74, 6) is 0.0688. The number of carbonyl (C=O) groups is 1. The van der Waals surface area contributed by atoms with Gasteiger partial charge in [0, 0.05) is 20.1 Å². The van der Waals surface area contributed by atoms with E-state index in [1.165, 1.54) is 29.2 Å². The van der Waals surface area contributed by atoms with Crippen LogP contribution in [-0.2, 0) is 6.54 Å². The van der Waals surface area contributed by atoms with E-state index < -0.39 is 6.36 Å². The van der Waals surface area contributed by atoms with Gasteiger partial charge in [0.05, 0.1) is 0 Å². The molecule has 0 radical (unpaired) electrons. The zero-order valence-corrected chi connectivity index (χ0v) is 12.2. The molecule has 118 valence electrons. The highest BCUT2D eigenvalue weighted by atomic mass is 19.4. The summed E-state index contributed by atoms with van der Waals surface area (Å²) in [6.07, 6.45) is -4.70. The SMILES string of the molecule is CC(C)CNC(=O)N(C)Cc1ccc(OC(F)(F)F)cc1. The first-order valence-corrected chi connectivity index (χ1v) is 6.51.